The highest BCUT2D eigenvalue weighted by atomic mass is 16.5. The molecule has 5 nitrogen and oxygen atoms in total. The van der Waals surface area contributed by atoms with E-state index in [4.69, 9.17) is 20.7 Å². The molecule has 1 rings (SSSR count). The van der Waals surface area contributed by atoms with Gasteiger partial charge in [-0.2, -0.15) is 0 Å². The van der Waals surface area contributed by atoms with Crippen molar-refractivity contribution in [2.24, 2.45) is 5.73 Å². The average Bonchev–Trinajstić information content (AvgIpc) is 1.95. The summed E-state index contributed by atoms with van der Waals surface area (Å²) in [5.74, 6) is 0. The van der Waals surface area contributed by atoms with E-state index in [1.165, 1.54) is 0 Å². The van der Waals surface area contributed by atoms with Gasteiger partial charge < -0.3 is 20.7 Å². The van der Waals surface area contributed by atoms with Gasteiger partial charge in [0.25, 0.3) is 0 Å². The molecule has 12 heavy (non-hydrogen) atoms. The van der Waals surface area contributed by atoms with Crippen molar-refractivity contribution >= 4 is 0 Å². The van der Waals surface area contributed by atoms with Gasteiger partial charge in [0.2, 0.25) is 0 Å². The van der Waals surface area contributed by atoms with Gasteiger partial charge >= 0.3 is 0 Å². The van der Waals surface area contributed by atoms with Crippen LogP contribution in [0.1, 0.15) is 12.8 Å². The second kappa shape index (κ2) is 3.68. The Hall–Kier alpha value is -0.200. The molecule has 0 aromatic heterocycles. The van der Waals surface area contributed by atoms with Crippen molar-refractivity contribution in [2.75, 3.05) is 13.8 Å². The fourth-order valence-corrected chi connectivity index (χ4v) is 1.32. The standard InChI is InChI=1S/C7H16N2O3/c1-9-4-12-5-2-7(8,3-5)6(10)11/h5-6,9-11H,2-4,8H2,1H3/t5-,7-. The van der Waals surface area contributed by atoms with Gasteiger partial charge in [0.1, 0.15) is 0 Å². The van der Waals surface area contributed by atoms with Crippen molar-refractivity contribution in [1.29, 1.82) is 0 Å². The molecule has 0 saturated heterocycles. The minimum atomic E-state index is -1.44. The highest BCUT2D eigenvalue weighted by Crippen LogP contribution is 2.34. The monoisotopic (exact) mass is 176 g/mol. The van der Waals surface area contributed by atoms with Crippen molar-refractivity contribution < 1.29 is 14.9 Å². The zero-order chi connectivity index (χ0) is 9.19. The molecule has 0 aromatic carbocycles. The largest absolute Gasteiger partial charge is 0.367 e. The molecule has 0 bridgehead atoms. The molecule has 1 aliphatic rings. The van der Waals surface area contributed by atoms with E-state index in [0.29, 0.717) is 19.6 Å². The molecule has 5 heteroatoms. The van der Waals surface area contributed by atoms with Gasteiger partial charge in [-0.05, 0) is 19.9 Å². The number of nitrogens with two attached hydrogens (primary N) is 1. The predicted octanol–water partition coefficient (Wildman–Crippen LogP) is -1.65. The molecule has 0 atom stereocenters. The van der Waals surface area contributed by atoms with Crippen LogP contribution < -0.4 is 11.1 Å². The molecule has 0 amide bonds. The molecule has 1 aliphatic carbocycles. The van der Waals surface area contributed by atoms with Crippen LogP contribution in [0.3, 0.4) is 0 Å². The maximum atomic E-state index is 8.83. The summed E-state index contributed by atoms with van der Waals surface area (Å²) in [6.07, 6.45) is -0.366. The Balaban J connectivity index is 2.18. The zero-order valence-corrected chi connectivity index (χ0v) is 7.16. The summed E-state index contributed by atoms with van der Waals surface area (Å²) in [7, 11) is 1.79. The minimum absolute atomic E-state index is 0.0595. The Kier molecular flexibility index (Phi) is 3.03. The Morgan fingerprint density at radius 2 is 2.25 bits per heavy atom. The smallest absolute Gasteiger partial charge is 0.169 e. The van der Waals surface area contributed by atoms with Crippen molar-refractivity contribution in [1.82, 2.24) is 5.32 Å². The van der Waals surface area contributed by atoms with E-state index >= 15 is 0 Å². The van der Waals surface area contributed by atoms with Crippen molar-refractivity contribution in [2.45, 2.75) is 30.8 Å². The van der Waals surface area contributed by atoms with Gasteiger partial charge in [-0.1, -0.05) is 0 Å². The summed E-state index contributed by atoms with van der Waals surface area (Å²) in [4.78, 5) is 0. The lowest BCUT2D eigenvalue weighted by Crippen LogP contribution is -2.62. The minimum Gasteiger partial charge on any atom is -0.367 e. The van der Waals surface area contributed by atoms with E-state index < -0.39 is 11.8 Å². The van der Waals surface area contributed by atoms with E-state index in [0.717, 1.165) is 0 Å². The van der Waals surface area contributed by atoms with Crippen molar-refractivity contribution in [3.63, 3.8) is 0 Å². The molecule has 0 aliphatic heterocycles. The first-order valence-corrected chi connectivity index (χ1v) is 4.00. The van der Waals surface area contributed by atoms with E-state index in [1.807, 2.05) is 0 Å². The van der Waals surface area contributed by atoms with E-state index in [1.54, 1.807) is 7.05 Å². The number of hydrogen-bond donors (Lipinski definition) is 4. The van der Waals surface area contributed by atoms with E-state index in [2.05, 4.69) is 5.32 Å². The van der Waals surface area contributed by atoms with Gasteiger partial charge in [0.05, 0.1) is 18.4 Å². The molecule has 5 N–H and O–H groups in total. The Morgan fingerprint density at radius 3 is 2.67 bits per heavy atom. The van der Waals surface area contributed by atoms with Crippen LogP contribution in [0.15, 0.2) is 0 Å². The van der Waals surface area contributed by atoms with Crippen LogP contribution in [-0.2, 0) is 4.74 Å². The highest BCUT2D eigenvalue weighted by Gasteiger charge is 2.46. The number of hydrogen-bond acceptors (Lipinski definition) is 5. The lowest BCUT2D eigenvalue weighted by molar-refractivity contribution is -0.164. The van der Waals surface area contributed by atoms with Crippen LogP contribution in [0.25, 0.3) is 0 Å². The first-order valence-electron chi connectivity index (χ1n) is 4.00. The van der Waals surface area contributed by atoms with Gasteiger partial charge in [-0.25, -0.2) is 0 Å². The third kappa shape index (κ3) is 1.94. The summed E-state index contributed by atoms with van der Waals surface area (Å²) in [5.41, 5.74) is 4.76. The SMILES string of the molecule is CNCO[C@H]1C[C@@](N)(C(O)O)C1. The number of aliphatic hydroxyl groups is 2. The first-order chi connectivity index (χ1) is 5.58. The van der Waals surface area contributed by atoms with Crippen LogP contribution in [-0.4, -0.2) is 41.9 Å². The molecule has 1 fully saturated rings. The van der Waals surface area contributed by atoms with Gasteiger partial charge in [0.15, 0.2) is 6.29 Å². The molecule has 72 valence electrons. The first kappa shape index (κ1) is 9.88. The molecule has 0 spiro atoms. The number of rotatable bonds is 4. The topological polar surface area (TPSA) is 87.7 Å². The van der Waals surface area contributed by atoms with Gasteiger partial charge in [-0.3, -0.25) is 5.32 Å². The molecule has 1 saturated carbocycles. The maximum Gasteiger partial charge on any atom is 0.169 e. The molecule has 0 unspecified atom stereocenters. The Labute approximate surface area is 71.5 Å². The summed E-state index contributed by atoms with van der Waals surface area (Å²) < 4.78 is 5.26. The van der Waals surface area contributed by atoms with Gasteiger partial charge in [0, 0.05) is 0 Å². The van der Waals surface area contributed by atoms with Crippen LogP contribution >= 0.6 is 0 Å². The van der Waals surface area contributed by atoms with Crippen LogP contribution in [0.2, 0.25) is 0 Å². The third-order valence-corrected chi connectivity index (χ3v) is 2.19. The Morgan fingerprint density at radius 1 is 1.67 bits per heavy atom. The lowest BCUT2D eigenvalue weighted by Gasteiger charge is -2.45. The highest BCUT2D eigenvalue weighted by molar-refractivity contribution is 5.01. The molecule has 0 heterocycles. The summed E-state index contributed by atoms with van der Waals surface area (Å²) >= 11 is 0. The van der Waals surface area contributed by atoms with Crippen LogP contribution in [0.5, 0.6) is 0 Å². The third-order valence-electron chi connectivity index (χ3n) is 2.19. The number of aliphatic hydroxyl groups excluding tert-OH is 1. The van der Waals surface area contributed by atoms with Crippen molar-refractivity contribution in [3.05, 3.63) is 0 Å². The summed E-state index contributed by atoms with van der Waals surface area (Å²) in [6, 6.07) is 0. The lowest BCUT2D eigenvalue weighted by atomic mass is 9.74. The summed E-state index contributed by atoms with van der Waals surface area (Å²) in [5, 5.41) is 20.5. The quantitative estimate of drug-likeness (QED) is 0.385. The molecular weight excluding hydrogens is 160 g/mol. The normalized spacial score (nSPS) is 35.2. The predicted molar refractivity (Wildman–Crippen MR) is 43.2 cm³/mol. The molecular formula is C7H16N2O3. The summed E-state index contributed by atoms with van der Waals surface area (Å²) in [6.45, 7) is 0.474. The fraction of sp³-hybridized carbons (Fsp3) is 1.00. The number of ether oxygens (including phenoxy) is 1. The zero-order valence-electron chi connectivity index (χ0n) is 7.16. The fourth-order valence-electron chi connectivity index (χ4n) is 1.32. The molecule has 0 aromatic rings. The van der Waals surface area contributed by atoms with Gasteiger partial charge in [-0.15, -0.1) is 0 Å². The second-order valence-electron chi connectivity index (χ2n) is 3.30. The molecule has 0 radical (unpaired) electrons. The second-order valence-corrected chi connectivity index (χ2v) is 3.30. The number of nitrogens with one attached hydrogen (secondary N) is 1. The van der Waals surface area contributed by atoms with Crippen LogP contribution in [0.4, 0.5) is 0 Å². The van der Waals surface area contributed by atoms with E-state index in [-0.39, 0.29) is 6.10 Å². The average molecular weight is 176 g/mol. The van der Waals surface area contributed by atoms with E-state index in [9.17, 15) is 0 Å². The van der Waals surface area contributed by atoms with Crippen LogP contribution in [0, 0.1) is 0 Å². The Bertz CT molecular complexity index is 146. The van der Waals surface area contributed by atoms with Crippen molar-refractivity contribution in [3.8, 4) is 0 Å². The maximum absolute atomic E-state index is 8.83.